The van der Waals surface area contributed by atoms with Crippen molar-refractivity contribution in [1.29, 1.82) is 0 Å². The van der Waals surface area contributed by atoms with Crippen LogP contribution in [0.4, 0.5) is 0 Å². The van der Waals surface area contributed by atoms with Crippen LogP contribution in [0.1, 0.15) is 26.2 Å². The SMILES string of the molecule is C#C[C@@H]1CC[C@@]2(C)O[C@H]2C1. The van der Waals surface area contributed by atoms with Crippen LogP contribution < -0.4 is 0 Å². The van der Waals surface area contributed by atoms with Crippen LogP contribution in [0.2, 0.25) is 0 Å². The highest BCUT2D eigenvalue weighted by molar-refractivity contribution is 5.09. The fourth-order valence-corrected chi connectivity index (χ4v) is 1.80. The van der Waals surface area contributed by atoms with E-state index in [0.717, 1.165) is 19.3 Å². The zero-order valence-corrected chi connectivity index (χ0v) is 6.26. The summed E-state index contributed by atoms with van der Waals surface area (Å²) < 4.78 is 5.50. The summed E-state index contributed by atoms with van der Waals surface area (Å²) in [5.41, 5.74) is 0.230. The van der Waals surface area contributed by atoms with Crippen molar-refractivity contribution in [3.63, 3.8) is 0 Å². The molecule has 2 rings (SSSR count). The molecule has 3 atom stereocenters. The summed E-state index contributed by atoms with van der Waals surface area (Å²) in [7, 11) is 0. The predicted molar refractivity (Wildman–Crippen MR) is 39.5 cm³/mol. The van der Waals surface area contributed by atoms with E-state index in [-0.39, 0.29) is 5.60 Å². The Morgan fingerprint density at radius 2 is 2.50 bits per heavy atom. The molecule has 1 saturated carbocycles. The van der Waals surface area contributed by atoms with Crippen LogP contribution in [0.3, 0.4) is 0 Å². The Labute approximate surface area is 61.8 Å². The van der Waals surface area contributed by atoms with Crippen LogP contribution in [0, 0.1) is 18.3 Å². The second kappa shape index (κ2) is 1.77. The summed E-state index contributed by atoms with van der Waals surface area (Å²) >= 11 is 0. The molecular formula is C9H12O. The van der Waals surface area contributed by atoms with E-state index in [0.29, 0.717) is 12.0 Å². The summed E-state index contributed by atoms with van der Waals surface area (Å²) in [6.45, 7) is 2.18. The Hall–Kier alpha value is -0.480. The summed E-state index contributed by atoms with van der Waals surface area (Å²) in [5, 5.41) is 0. The fourth-order valence-electron chi connectivity index (χ4n) is 1.80. The van der Waals surface area contributed by atoms with Gasteiger partial charge in [-0.3, -0.25) is 0 Å². The third-order valence-corrected chi connectivity index (χ3v) is 2.76. The molecule has 1 saturated heterocycles. The minimum Gasteiger partial charge on any atom is -0.366 e. The van der Waals surface area contributed by atoms with Gasteiger partial charge in [0.1, 0.15) is 0 Å². The molecule has 1 heterocycles. The topological polar surface area (TPSA) is 12.5 Å². The van der Waals surface area contributed by atoms with Crippen LogP contribution in [0.25, 0.3) is 0 Å². The molecule has 0 unspecified atom stereocenters. The van der Waals surface area contributed by atoms with E-state index in [1.807, 2.05) is 0 Å². The second-order valence-corrected chi connectivity index (χ2v) is 3.56. The first-order valence-corrected chi connectivity index (χ1v) is 3.88. The molecule has 1 aliphatic carbocycles. The van der Waals surface area contributed by atoms with E-state index in [1.54, 1.807) is 0 Å². The van der Waals surface area contributed by atoms with Crippen molar-refractivity contribution >= 4 is 0 Å². The average molecular weight is 136 g/mol. The standard InChI is InChI=1S/C9H12O/c1-3-7-4-5-9(2)8(6-7)10-9/h1,7-8H,4-6H2,2H3/t7-,8+,9-/m1/s1. The molecule has 1 aliphatic heterocycles. The van der Waals surface area contributed by atoms with Gasteiger partial charge in [0, 0.05) is 5.92 Å². The van der Waals surface area contributed by atoms with E-state index in [4.69, 9.17) is 11.2 Å². The van der Waals surface area contributed by atoms with Gasteiger partial charge >= 0.3 is 0 Å². The molecule has 0 radical (unpaired) electrons. The lowest BCUT2D eigenvalue weighted by molar-refractivity contribution is 0.303. The van der Waals surface area contributed by atoms with Crippen LogP contribution >= 0.6 is 0 Å². The highest BCUT2D eigenvalue weighted by atomic mass is 16.6. The quantitative estimate of drug-likeness (QED) is 0.364. The van der Waals surface area contributed by atoms with E-state index in [2.05, 4.69) is 12.8 Å². The van der Waals surface area contributed by atoms with Gasteiger partial charge in [-0.1, -0.05) is 0 Å². The number of epoxide rings is 1. The molecule has 0 N–H and O–H groups in total. The van der Waals surface area contributed by atoms with Gasteiger partial charge in [0.2, 0.25) is 0 Å². The van der Waals surface area contributed by atoms with E-state index >= 15 is 0 Å². The van der Waals surface area contributed by atoms with Gasteiger partial charge in [0.25, 0.3) is 0 Å². The van der Waals surface area contributed by atoms with Crippen molar-refractivity contribution in [2.45, 2.75) is 37.9 Å². The van der Waals surface area contributed by atoms with E-state index < -0.39 is 0 Å². The minimum absolute atomic E-state index is 0.230. The van der Waals surface area contributed by atoms with Crippen molar-refractivity contribution in [3.8, 4) is 12.3 Å². The lowest BCUT2D eigenvalue weighted by atomic mass is 9.83. The van der Waals surface area contributed by atoms with Gasteiger partial charge < -0.3 is 4.74 Å². The van der Waals surface area contributed by atoms with Gasteiger partial charge in [-0.15, -0.1) is 12.3 Å². The maximum Gasteiger partial charge on any atom is 0.0921 e. The molecule has 1 nitrogen and oxygen atoms in total. The number of hydrogen-bond donors (Lipinski definition) is 0. The number of rotatable bonds is 0. The molecule has 0 aromatic carbocycles. The van der Waals surface area contributed by atoms with Crippen molar-refractivity contribution < 1.29 is 4.74 Å². The Balaban J connectivity index is 2.00. The first kappa shape index (κ1) is 6.24. The van der Waals surface area contributed by atoms with E-state index in [9.17, 15) is 0 Å². The lowest BCUT2D eigenvalue weighted by Crippen LogP contribution is -2.19. The second-order valence-electron chi connectivity index (χ2n) is 3.56. The molecule has 0 aromatic heterocycles. The Kier molecular flexibility index (Phi) is 1.10. The van der Waals surface area contributed by atoms with Crippen molar-refractivity contribution in [3.05, 3.63) is 0 Å². The molecule has 2 aliphatic rings. The number of fused-ring (bicyclic) bond motifs is 1. The molecule has 0 amide bonds. The maximum atomic E-state index is 5.50. The molecule has 0 aromatic rings. The zero-order valence-electron chi connectivity index (χ0n) is 6.26. The molecule has 54 valence electrons. The third kappa shape index (κ3) is 0.759. The Morgan fingerprint density at radius 1 is 1.70 bits per heavy atom. The summed E-state index contributed by atoms with van der Waals surface area (Å²) in [4.78, 5) is 0. The largest absolute Gasteiger partial charge is 0.366 e. The van der Waals surface area contributed by atoms with Crippen molar-refractivity contribution in [1.82, 2.24) is 0 Å². The average Bonchev–Trinajstić information content (AvgIpc) is 2.59. The fraction of sp³-hybridized carbons (Fsp3) is 0.778. The zero-order chi connectivity index (χ0) is 7.19. The normalized spacial score (nSPS) is 51.2. The Bertz CT molecular complexity index is 191. The summed E-state index contributed by atoms with van der Waals surface area (Å²) in [6, 6.07) is 0. The molecular weight excluding hydrogens is 124 g/mol. The van der Waals surface area contributed by atoms with Crippen LogP contribution in [-0.4, -0.2) is 11.7 Å². The number of hydrogen-bond acceptors (Lipinski definition) is 1. The molecule has 1 heteroatoms. The van der Waals surface area contributed by atoms with Crippen molar-refractivity contribution in [2.75, 3.05) is 0 Å². The summed E-state index contributed by atoms with van der Waals surface area (Å²) in [6.07, 6.45) is 9.22. The highest BCUT2D eigenvalue weighted by Crippen LogP contribution is 2.48. The summed E-state index contributed by atoms with van der Waals surface area (Å²) in [5.74, 6) is 3.28. The van der Waals surface area contributed by atoms with Crippen molar-refractivity contribution in [2.24, 2.45) is 5.92 Å². The molecule has 2 fully saturated rings. The first-order chi connectivity index (χ1) is 4.74. The van der Waals surface area contributed by atoms with E-state index in [1.165, 1.54) is 0 Å². The maximum absolute atomic E-state index is 5.50. The molecule has 10 heavy (non-hydrogen) atoms. The minimum atomic E-state index is 0.230. The molecule has 0 spiro atoms. The highest BCUT2D eigenvalue weighted by Gasteiger charge is 2.54. The van der Waals surface area contributed by atoms with Gasteiger partial charge in [0.05, 0.1) is 11.7 Å². The molecule has 0 bridgehead atoms. The van der Waals surface area contributed by atoms with Crippen LogP contribution in [-0.2, 0) is 4.74 Å². The monoisotopic (exact) mass is 136 g/mol. The van der Waals surface area contributed by atoms with Gasteiger partial charge in [-0.2, -0.15) is 0 Å². The predicted octanol–water partition coefficient (Wildman–Crippen LogP) is 1.58. The van der Waals surface area contributed by atoms with Gasteiger partial charge in [-0.05, 0) is 26.2 Å². The smallest absolute Gasteiger partial charge is 0.0921 e. The lowest BCUT2D eigenvalue weighted by Gasteiger charge is -2.16. The first-order valence-electron chi connectivity index (χ1n) is 3.88. The Morgan fingerprint density at radius 3 is 3.10 bits per heavy atom. The van der Waals surface area contributed by atoms with Crippen LogP contribution in [0.15, 0.2) is 0 Å². The number of ether oxygens (including phenoxy) is 1. The van der Waals surface area contributed by atoms with Gasteiger partial charge in [-0.25, -0.2) is 0 Å². The number of terminal acetylenes is 1. The van der Waals surface area contributed by atoms with Crippen LogP contribution in [0.5, 0.6) is 0 Å². The third-order valence-electron chi connectivity index (χ3n) is 2.76. The van der Waals surface area contributed by atoms with Gasteiger partial charge in [0.15, 0.2) is 0 Å².